The van der Waals surface area contributed by atoms with Gasteiger partial charge in [-0.15, -0.1) is 0 Å². The number of carbonyl (C=O) groups is 1. The fourth-order valence-corrected chi connectivity index (χ4v) is 2.46. The zero-order chi connectivity index (χ0) is 13.2. The first-order valence-electron chi connectivity index (χ1n) is 6.09. The monoisotopic (exact) mass is 252 g/mol. The highest BCUT2D eigenvalue weighted by Crippen LogP contribution is 2.30. The lowest BCUT2D eigenvalue weighted by Gasteiger charge is -2.28. The molecule has 0 bridgehead atoms. The third-order valence-electron chi connectivity index (χ3n) is 3.42. The predicted molar refractivity (Wildman–Crippen MR) is 64.6 cm³/mol. The van der Waals surface area contributed by atoms with E-state index >= 15 is 0 Å². The van der Waals surface area contributed by atoms with Gasteiger partial charge in [-0.05, 0) is 18.9 Å². The van der Waals surface area contributed by atoms with Crippen molar-refractivity contribution < 1.29 is 14.3 Å². The summed E-state index contributed by atoms with van der Waals surface area (Å²) in [4.78, 5) is 17.0. The van der Waals surface area contributed by atoms with Crippen LogP contribution in [0.2, 0.25) is 0 Å². The van der Waals surface area contributed by atoms with Crippen molar-refractivity contribution in [3.8, 4) is 0 Å². The van der Waals surface area contributed by atoms with Crippen LogP contribution in [-0.4, -0.2) is 40.1 Å². The lowest BCUT2D eigenvalue weighted by atomic mass is 10.0. The highest BCUT2D eigenvalue weighted by Gasteiger charge is 2.33. The summed E-state index contributed by atoms with van der Waals surface area (Å²) in [7, 11) is 1.58. The quantitative estimate of drug-likeness (QED) is 0.889. The number of pyridine rings is 1. The van der Waals surface area contributed by atoms with Crippen LogP contribution < -0.4 is 0 Å². The molecule has 1 heterocycles. The first-order chi connectivity index (χ1) is 8.52. The van der Waals surface area contributed by atoms with Gasteiger partial charge >= 0.3 is 0 Å². The molecule has 1 N–H and O–H groups in total. The molecule has 2 rings (SSSR count). The summed E-state index contributed by atoms with van der Waals surface area (Å²) in [5.41, 5.74) is -0.817. The summed E-state index contributed by atoms with van der Waals surface area (Å²) in [5, 5.41) is 10.2. The Morgan fingerprint density at radius 2 is 2.22 bits per heavy atom. The number of aliphatic hydroxyl groups is 1. The van der Waals surface area contributed by atoms with Crippen molar-refractivity contribution in [1.29, 1.82) is 0 Å². The van der Waals surface area contributed by atoms with Crippen molar-refractivity contribution in [1.82, 2.24) is 9.88 Å². The van der Waals surface area contributed by atoms with E-state index in [-0.39, 0.29) is 12.1 Å². The van der Waals surface area contributed by atoms with E-state index in [9.17, 15) is 14.3 Å². The molecule has 1 aliphatic rings. The Kier molecular flexibility index (Phi) is 3.61. The van der Waals surface area contributed by atoms with Crippen LogP contribution in [0.4, 0.5) is 4.39 Å². The van der Waals surface area contributed by atoms with E-state index in [2.05, 4.69) is 4.98 Å². The fraction of sp³-hybridized carbons (Fsp3) is 0.538. The minimum Gasteiger partial charge on any atom is -0.388 e. The molecule has 98 valence electrons. The molecule has 5 heteroatoms. The van der Waals surface area contributed by atoms with Gasteiger partial charge in [-0.1, -0.05) is 12.8 Å². The van der Waals surface area contributed by atoms with Crippen LogP contribution in [0.3, 0.4) is 0 Å². The van der Waals surface area contributed by atoms with Crippen LogP contribution in [0, 0.1) is 5.82 Å². The highest BCUT2D eigenvalue weighted by molar-refractivity contribution is 5.94. The zero-order valence-corrected chi connectivity index (χ0v) is 10.4. The Morgan fingerprint density at radius 1 is 1.56 bits per heavy atom. The molecule has 0 atom stereocenters. The van der Waals surface area contributed by atoms with Gasteiger partial charge in [0.05, 0.1) is 17.4 Å². The number of aromatic nitrogens is 1. The van der Waals surface area contributed by atoms with E-state index in [1.165, 1.54) is 17.2 Å². The number of hydrogen-bond donors (Lipinski definition) is 1. The van der Waals surface area contributed by atoms with Gasteiger partial charge < -0.3 is 10.0 Å². The van der Waals surface area contributed by atoms with E-state index in [1.54, 1.807) is 7.05 Å². The Balaban J connectivity index is 2.07. The van der Waals surface area contributed by atoms with Crippen LogP contribution in [-0.2, 0) is 0 Å². The van der Waals surface area contributed by atoms with Crippen molar-refractivity contribution >= 4 is 5.91 Å². The molecule has 0 aromatic carbocycles. The first kappa shape index (κ1) is 13.0. The number of halogens is 1. The first-order valence-corrected chi connectivity index (χ1v) is 6.09. The van der Waals surface area contributed by atoms with Crippen LogP contribution in [0.1, 0.15) is 36.0 Å². The summed E-state index contributed by atoms with van der Waals surface area (Å²) < 4.78 is 13.4. The van der Waals surface area contributed by atoms with Crippen molar-refractivity contribution in [2.24, 2.45) is 0 Å². The van der Waals surface area contributed by atoms with Crippen LogP contribution in [0.25, 0.3) is 0 Å². The Labute approximate surface area is 105 Å². The molecule has 0 spiro atoms. The van der Waals surface area contributed by atoms with E-state index < -0.39 is 17.3 Å². The van der Waals surface area contributed by atoms with Crippen LogP contribution in [0.5, 0.6) is 0 Å². The zero-order valence-electron chi connectivity index (χ0n) is 10.4. The summed E-state index contributed by atoms with van der Waals surface area (Å²) in [6.45, 7) is 0.244. The van der Waals surface area contributed by atoms with E-state index in [0.717, 1.165) is 19.0 Å². The SMILES string of the molecule is CN(CC1(O)CCCC1)C(=O)c1ccncc1F. The summed E-state index contributed by atoms with van der Waals surface area (Å²) in [6, 6.07) is 1.35. The molecule has 1 saturated carbocycles. The van der Waals surface area contributed by atoms with E-state index in [1.807, 2.05) is 0 Å². The van der Waals surface area contributed by atoms with Gasteiger partial charge in [0.15, 0.2) is 5.82 Å². The predicted octanol–water partition coefficient (Wildman–Crippen LogP) is 1.60. The van der Waals surface area contributed by atoms with Crippen molar-refractivity contribution in [2.45, 2.75) is 31.3 Å². The third-order valence-corrected chi connectivity index (χ3v) is 3.42. The van der Waals surface area contributed by atoms with Gasteiger partial charge in [0.2, 0.25) is 0 Å². The van der Waals surface area contributed by atoms with Gasteiger partial charge in [0, 0.05) is 19.8 Å². The number of hydrogen-bond acceptors (Lipinski definition) is 3. The molecule has 0 aliphatic heterocycles. The largest absolute Gasteiger partial charge is 0.388 e. The van der Waals surface area contributed by atoms with Gasteiger partial charge in [-0.3, -0.25) is 9.78 Å². The molecule has 4 nitrogen and oxygen atoms in total. The molecular weight excluding hydrogens is 235 g/mol. The smallest absolute Gasteiger partial charge is 0.256 e. The maximum absolute atomic E-state index is 13.4. The van der Waals surface area contributed by atoms with Gasteiger partial charge in [0.1, 0.15) is 0 Å². The van der Waals surface area contributed by atoms with Crippen LogP contribution in [0.15, 0.2) is 18.5 Å². The molecule has 1 aromatic rings. The Hall–Kier alpha value is -1.49. The van der Waals surface area contributed by atoms with Gasteiger partial charge in [0.25, 0.3) is 5.91 Å². The average molecular weight is 252 g/mol. The summed E-state index contributed by atoms with van der Waals surface area (Å²) >= 11 is 0. The standard InChI is InChI=1S/C13H17FN2O2/c1-16(9-13(18)5-2-3-6-13)12(17)10-4-7-15-8-11(10)14/h4,7-8,18H,2-3,5-6,9H2,1H3. The minimum atomic E-state index is -0.812. The molecule has 1 aliphatic carbocycles. The molecule has 1 aromatic heterocycles. The Bertz CT molecular complexity index is 444. The molecule has 0 unspecified atom stereocenters. The average Bonchev–Trinajstić information content (AvgIpc) is 2.75. The molecular formula is C13H17FN2O2. The lowest BCUT2D eigenvalue weighted by molar-refractivity contribution is 0.0155. The molecule has 1 fully saturated rings. The van der Waals surface area contributed by atoms with E-state index in [0.29, 0.717) is 12.8 Å². The second-order valence-corrected chi connectivity index (χ2v) is 4.95. The maximum atomic E-state index is 13.4. The topological polar surface area (TPSA) is 53.4 Å². The fourth-order valence-electron chi connectivity index (χ4n) is 2.46. The summed E-state index contributed by atoms with van der Waals surface area (Å²) in [5.74, 6) is -1.05. The normalized spacial score (nSPS) is 17.7. The van der Waals surface area contributed by atoms with Crippen LogP contribution >= 0.6 is 0 Å². The number of rotatable bonds is 3. The Morgan fingerprint density at radius 3 is 2.83 bits per heavy atom. The van der Waals surface area contributed by atoms with Gasteiger partial charge in [-0.25, -0.2) is 4.39 Å². The molecule has 0 radical (unpaired) electrons. The second kappa shape index (κ2) is 5.02. The van der Waals surface area contributed by atoms with Crippen molar-refractivity contribution in [3.63, 3.8) is 0 Å². The maximum Gasteiger partial charge on any atom is 0.256 e. The van der Waals surface area contributed by atoms with Crippen molar-refractivity contribution in [3.05, 3.63) is 29.8 Å². The van der Waals surface area contributed by atoms with E-state index in [4.69, 9.17) is 0 Å². The highest BCUT2D eigenvalue weighted by atomic mass is 19.1. The molecule has 1 amide bonds. The number of nitrogens with zero attached hydrogens (tertiary/aromatic N) is 2. The number of likely N-dealkylation sites (N-methyl/N-ethyl adjacent to an activating group) is 1. The summed E-state index contributed by atoms with van der Waals surface area (Å²) in [6.07, 6.45) is 5.75. The number of carbonyl (C=O) groups excluding carboxylic acids is 1. The third kappa shape index (κ3) is 2.67. The molecule has 0 saturated heterocycles. The second-order valence-electron chi connectivity index (χ2n) is 4.95. The molecule has 18 heavy (non-hydrogen) atoms. The van der Waals surface area contributed by atoms with Gasteiger partial charge in [-0.2, -0.15) is 0 Å². The number of amides is 1. The van der Waals surface area contributed by atoms with Crippen molar-refractivity contribution in [2.75, 3.05) is 13.6 Å². The lowest BCUT2D eigenvalue weighted by Crippen LogP contribution is -2.42. The minimum absolute atomic E-state index is 0.00547.